The molecule has 0 aromatic heterocycles. The molecule has 1 N–H and O–H groups in total. The Kier molecular flexibility index (Phi) is 4.34. The van der Waals surface area contributed by atoms with Gasteiger partial charge in [0.05, 0.1) is 4.90 Å². The number of hydrogen-bond acceptors (Lipinski definition) is 2. The average molecular weight is 271 g/mol. The molecule has 1 unspecified atom stereocenters. The van der Waals surface area contributed by atoms with E-state index in [4.69, 9.17) is 4.55 Å². The van der Waals surface area contributed by atoms with Crippen LogP contribution in [0.1, 0.15) is 0 Å². The molecule has 0 saturated heterocycles. The number of benzene rings is 1. The molecule has 1 atom stereocenters. The van der Waals surface area contributed by atoms with Gasteiger partial charge in [0.1, 0.15) is 0 Å². The van der Waals surface area contributed by atoms with Gasteiger partial charge in [0, 0.05) is 0 Å². The molecule has 1 aromatic carbocycles. The summed E-state index contributed by atoms with van der Waals surface area (Å²) in [6.45, 7) is 0. The largest absolute Gasteiger partial charge is 0.294 e. The van der Waals surface area contributed by atoms with E-state index >= 15 is 0 Å². The molecule has 1 aromatic rings. The zero-order valence-electron chi connectivity index (χ0n) is 5.97. The standard InChI is InChI=1S/C6H7O3PS.BrH/c7-11(8,9)6-3-1-2-5(10)4-6;/h1-4H,10H2,(H,7,8,9);1H. The van der Waals surface area contributed by atoms with Gasteiger partial charge in [-0.2, -0.15) is 8.42 Å². The molecular formula is C6H8BrO3PS. The lowest BCUT2D eigenvalue weighted by atomic mass is 10.4. The van der Waals surface area contributed by atoms with Crippen molar-refractivity contribution in [2.75, 3.05) is 0 Å². The van der Waals surface area contributed by atoms with Crippen LogP contribution in [-0.2, 0) is 10.1 Å². The molecule has 1 rings (SSSR count). The van der Waals surface area contributed by atoms with Crippen LogP contribution in [-0.4, -0.2) is 13.0 Å². The van der Waals surface area contributed by atoms with Gasteiger partial charge < -0.3 is 0 Å². The molecule has 0 amide bonds. The number of rotatable bonds is 1. The fraction of sp³-hybridized carbons (Fsp3) is 0. The quantitative estimate of drug-likeness (QED) is 0.612. The Morgan fingerprint density at radius 3 is 2.25 bits per heavy atom. The smallest absolute Gasteiger partial charge is 0.282 e. The summed E-state index contributed by atoms with van der Waals surface area (Å²) in [7, 11) is -1.69. The fourth-order valence-corrected chi connectivity index (χ4v) is 1.62. The summed E-state index contributed by atoms with van der Waals surface area (Å²) in [5.74, 6) is 0. The number of hydrogen-bond donors (Lipinski definition) is 1. The Balaban J connectivity index is 0.00000121. The average Bonchev–Trinajstić information content (AvgIpc) is 1.86. The fourth-order valence-electron chi connectivity index (χ4n) is 0.675. The first-order valence-electron chi connectivity index (χ1n) is 2.83. The van der Waals surface area contributed by atoms with Gasteiger partial charge >= 0.3 is 0 Å². The van der Waals surface area contributed by atoms with Gasteiger partial charge in [-0.15, -0.1) is 26.2 Å². The minimum absolute atomic E-state index is 0. The van der Waals surface area contributed by atoms with Crippen LogP contribution in [0.5, 0.6) is 0 Å². The minimum Gasteiger partial charge on any atom is -0.282 e. The van der Waals surface area contributed by atoms with Crippen molar-refractivity contribution in [1.82, 2.24) is 0 Å². The van der Waals surface area contributed by atoms with E-state index in [0.717, 1.165) is 5.30 Å². The van der Waals surface area contributed by atoms with Gasteiger partial charge in [-0.05, 0) is 17.4 Å². The predicted molar refractivity (Wildman–Crippen MR) is 55.9 cm³/mol. The van der Waals surface area contributed by atoms with Crippen LogP contribution in [0.3, 0.4) is 0 Å². The molecule has 3 nitrogen and oxygen atoms in total. The first kappa shape index (κ1) is 12.0. The van der Waals surface area contributed by atoms with Gasteiger partial charge in [0.25, 0.3) is 10.1 Å². The molecule has 12 heavy (non-hydrogen) atoms. The Morgan fingerprint density at radius 2 is 1.92 bits per heavy atom. The zero-order valence-corrected chi connectivity index (χ0v) is 9.65. The van der Waals surface area contributed by atoms with E-state index in [1.165, 1.54) is 12.1 Å². The highest BCUT2D eigenvalue weighted by molar-refractivity contribution is 8.93. The molecule has 0 aliphatic heterocycles. The van der Waals surface area contributed by atoms with Crippen molar-refractivity contribution >= 4 is 41.6 Å². The van der Waals surface area contributed by atoms with Crippen molar-refractivity contribution in [3.05, 3.63) is 24.3 Å². The molecular weight excluding hydrogens is 263 g/mol. The van der Waals surface area contributed by atoms with Gasteiger partial charge in [-0.25, -0.2) is 0 Å². The number of halogens is 1. The molecule has 0 fully saturated rings. The van der Waals surface area contributed by atoms with E-state index in [0.29, 0.717) is 0 Å². The van der Waals surface area contributed by atoms with E-state index in [-0.39, 0.29) is 21.9 Å². The van der Waals surface area contributed by atoms with E-state index < -0.39 is 10.1 Å². The highest BCUT2D eigenvalue weighted by atomic mass is 79.9. The molecule has 0 saturated carbocycles. The molecule has 0 heterocycles. The third kappa shape index (κ3) is 3.19. The Labute approximate surface area is 83.9 Å². The van der Waals surface area contributed by atoms with Crippen LogP contribution in [0.15, 0.2) is 29.2 Å². The highest BCUT2D eigenvalue weighted by Crippen LogP contribution is 2.06. The molecule has 68 valence electrons. The van der Waals surface area contributed by atoms with Crippen molar-refractivity contribution in [3.63, 3.8) is 0 Å². The SMILES string of the molecule is Br.O=S(=O)(O)c1cccc(P)c1. The van der Waals surface area contributed by atoms with Gasteiger partial charge in [0.15, 0.2) is 0 Å². The van der Waals surface area contributed by atoms with Crippen LogP contribution in [0.4, 0.5) is 0 Å². The maximum Gasteiger partial charge on any atom is 0.294 e. The van der Waals surface area contributed by atoms with Crippen LogP contribution < -0.4 is 5.30 Å². The van der Waals surface area contributed by atoms with Crippen LogP contribution in [0, 0.1) is 0 Å². The molecule has 0 bridgehead atoms. The van der Waals surface area contributed by atoms with E-state index in [9.17, 15) is 8.42 Å². The molecule has 0 aliphatic carbocycles. The summed E-state index contributed by atoms with van der Waals surface area (Å²) in [6, 6.07) is 5.99. The summed E-state index contributed by atoms with van der Waals surface area (Å²) in [5.41, 5.74) is 0. The van der Waals surface area contributed by atoms with Crippen molar-refractivity contribution < 1.29 is 13.0 Å². The molecule has 0 radical (unpaired) electrons. The second kappa shape index (κ2) is 4.33. The Morgan fingerprint density at radius 1 is 1.33 bits per heavy atom. The predicted octanol–water partition coefficient (Wildman–Crippen LogP) is 1.01. The summed E-state index contributed by atoms with van der Waals surface area (Å²) in [4.78, 5) is -0.0787. The second-order valence-corrected chi connectivity index (χ2v) is 4.14. The minimum atomic E-state index is -4.04. The monoisotopic (exact) mass is 270 g/mol. The van der Waals surface area contributed by atoms with Crippen LogP contribution in [0.2, 0.25) is 0 Å². The summed E-state index contributed by atoms with van der Waals surface area (Å²) in [6.07, 6.45) is 0. The summed E-state index contributed by atoms with van der Waals surface area (Å²) in [5, 5.41) is 0.722. The first-order valence-corrected chi connectivity index (χ1v) is 4.85. The van der Waals surface area contributed by atoms with E-state index in [1.54, 1.807) is 12.1 Å². The Hall–Kier alpha value is 0.0400. The highest BCUT2D eigenvalue weighted by Gasteiger charge is 2.07. The van der Waals surface area contributed by atoms with Crippen molar-refractivity contribution in [3.8, 4) is 0 Å². The van der Waals surface area contributed by atoms with Gasteiger partial charge in [0.2, 0.25) is 0 Å². The van der Waals surface area contributed by atoms with Gasteiger partial charge in [-0.3, -0.25) is 4.55 Å². The molecule has 0 aliphatic rings. The lowest BCUT2D eigenvalue weighted by molar-refractivity contribution is 0.483. The maximum absolute atomic E-state index is 10.5. The third-order valence-electron chi connectivity index (χ3n) is 1.16. The lowest BCUT2D eigenvalue weighted by Crippen LogP contribution is -2.01. The van der Waals surface area contributed by atoms with Gasteiger partial charge in [-0.1, -0.05) is 12.1 Å². The summed E-state index contributed by atoms with van der Waals surface area (Å²) < 4.78 is 29.6. The van der Waals surface area contributed by atoms with Crippen molar-refractivity contribution in [2.24, 2.45) is 0 Å². The first-order chi connectivity index (χ1) is 5.00. The van der Waals surface area contributed by atoms with E-state index in [1.807, 2.05) is 0 Å². The Bertz CT molecular complexity index is 363. The molecule has 0 spiro atoms. The van der Waals surface area contributed by atoms with Crippen molar-refractivity contribution in [1.29, 1.82) is 0 Å². The third-order valence-corrected chi connectivity index (χ3v) is 2.36. The molecule has 6 heteroatoms. The second-order valence-electron chi connectivity index (χ2n) is 2.05. The normalized spacial score (nSPS) is 10.5. The summed E-state index contributed by atoms with van der Waals surface area (Å²) >= 11 is 0. The maximum atomic E-state index is 10.5. The lowest BCUT2D eigenvalue weighted by Gasteiger charge is -1.96. The van der Waals surface area contributed by atoms with Crippen LogP contribution in [0.25, 0.3) is 0 Å². The topological polar surface area (TPSA) is 54.4 Å². The zero-order chi connectivity index (χ0) is 8.48. The van der Waals surface area contributed by atoms with Crippen LogP contribution >= 0.6 is 26.2 Å². The van der Waals surface area contributed by atoms with Crippen molar-refractivity contribution in [2.45, 2.75) is 4.90 Å². The van der Waals surface area contributed by atoms with E-state index in [2.05, 4.69) is 9.24 Å².